The van der Waals surface area contributed by atoms with Crippen molar-refractivity contribution in [2.75, 3.05) is 13.2 Å². The van der Waals surface area contributed by atoms with Gasteiger partial charge in [0, 0.05) is 12.6 Å². The molecule has 0 spiro atoms. The number of H-pyrrole nitrogens is 1. The van der Waals surface area contributed by atoms with Crippen LogP contribution in [0.5, 0.6) is 5.75 Å². The van der Waals surface area contributed by atoms with Crippen LogP contribution >= 0.6 is 0 Å². The average Bonchev–Trinajstić information content (AvgIpc) is 3.26. The summed E-state index contributed by atoms with van der Waals surface area (Å²) in [6.45, 7) is 2.67. The van der Waals surface area contributed by atoms with Crippen molar-refractivity contribution in [3.8, 4) is 17.1 Å². The van der Waals surface area contributed by atoms with Crippen molar-refractivity contribution in [2.45, 2.75) is 38.6 Å². The maximum atomic E-state index is 12.8. The Hall–Kier alpha value is -3.45. The van der Waals surface area contributed by atoms with Gasteiger partial charge in [-0.3, -0.25) is 4.79 Å². The molecule has 2 aromatic carbocycles. The number of aryl methyl sites for hydroxylation is 1. The number of hydrogen-bond acceptors (Lipinski definition) is 5. The summed E-state index contributed by atoms with van der Waals surface area (Å²) < 4.78 is 7.78. The van der Waals surface area contributed by atoms with E-state index in [2.05, 4.69) is 22.1 Å². The largest absolute Gasteiger partial charge is 0.493 e. The Morgan fingerprint density at radius 2 is 1.88 bits per heavy atom. The Labute approximate surface area is 186 Å². The van der Waals surface area contributed by atoms with E-state index in [0.29, 0.717) is 35.8 Å². The second kappa shape index (κ2) is 10.2. The molecule has 1 unspecified atom stereocenters. The van der Waals surface area contributed by atoms with Crippen LogP contribution in [-0.2, 0) is 6.42 Å². The average molecular weight is 433 g/mol. The molecule has 0 aliphatic heterocycles. The van der Waals surface area contributed by atoms with Gasteiger partial charge < -0.3 is 19.4 Å². The van der Waals surface area contributed by atoms with Crippen LogP contribution in [0.3, 0.4) is 0 Å². The number of rotatable bonds is 10. The van der Waals surface area contributed by atoms with Gasteiger partial charge in [-0.15, -0.1) is 0 Å². The molecule has 0 fully saturated rings. The van der Waals surface area contributed by atoms with Gasteiger partial charge in [-0.05, 0) is 43.4 Å². The summed E-state index contributed by atoms with van der Waals surface area (Å²) in [5, 5.41) is 9.67. The van der Waals surface area contributed by atoms with Gasteiger partial charge in [-0.1, -0.05) is 49.4 Å². The highest BCUT2D eigenvalue weighted by Crippen LogP contribution is 2.29. The predicted molar refractivity (Wildman–Crippen MR) is 125 cm³/mol. The van der Waals surface area contributed by atoms with E-state index in [1.54, 1.807) is 6.33 Å². The van der Waals surface area contributed by atoms with Gasteiger partial charge in [0.25, 0.3) is 5.56 Å². The van der Waals surface area contributed by atoms with Gasteiger partial charge in [0.15, 0.2) is 11.2 Å². The minimum Gasteiger partial charge on any atom is -0.493 e. The lowest BCUT2D eigenvalue weighted by Gasteiger charge is -2.18. The molecule has 2 heterocycles. The van der Waals surface area contributed by atoms with Gasteiger partial charge in [0.05, 0.1) is 18.5 Å². The van der Waals surface area contributed by atoms with E-state index in [1.165, 1.54) is 5.56 Å². The van der Waals surface area contributed by atoms with Crippen molar-refractivity contribution in [1.82, 2.24) is 19.5 Å². The fourth-order valence-corrected chi connectivity index (χ4v) is 3.87. The molecule has 0 radical (unpaired) electrons. The second-order valence-electron chi connectivity index (χ2n) is 7.77. The van der Waals surface area contributed by atoms with Crippen LogP contribution in [0.15, 0.2) is 65.7 Å². The zero-order valence-electron chi connectivity index (χ0n) is 18.2. The Morgan fingerprint density at radius 3 is 2.66 bits per heavy atom. The van der Waals surface area contributed by atoms with Crippen molar-refractivity contribution in [1.29, 1.82) is 0 Å². The van der Waals surface area contributed by atoms with E-state index >= 15 is 0 Å². The first-order valence-electron chi connectivity index (χ1n) is 11.0. The molecule has 2 N–H and O–H groups in total. The van der Waals surface area contributed by atoms with Gasteiger partial charge in [-0.2, -0.15) is 0 Å². The van der Waals surface area contributed by atoms with Crippen molar-refractivity contribution >= 4 is 11.2 Å². The van der Waals surface area contributed by atoms with E-state index in [1.807, 2.05) is 54.0 Å². The highest BCUT2D eigenvalue weighted by atomic mass is 16.5. The molecule has 0 saturated carbocycles. The summed E-state index contributed by atoms with van der Waals surface area (Å²) in [5.74, 6) is 1.13. The third-order valence-electron chi connectivity index (χ3n) is 5.50. The number of nitrogens with zero attached hydrogens (tertiary/aromatic N) is 3. The lowest BCUT2D eigenvalue weighted by atomic mass is 10.0. The molecule has 0 saturated heterocycles. The van der Waals surface area contributed by atoms with Crippen LogP contribution in [0.4, 0.5) is 0 Å². The summed E-state index contributed by atoms with van der Waals surface area (Å²) in [4.78, 5) is 24.8. The van der Waals surface area contributed by atoms with Crippen LogP contribution in [-0.4, -0.2) is 37.8 Å². The van der Waals surface area contributed by atoms with Crippen molar-refractivity contribution < 1.29 is 9.84 Å². The molecule has 4 aromatic rings. The number of nitrogens with one attached hydrogen (secondary N) is 1. The molecule has 1 atom stereocenters. The molecular weight excluding hydrogens is 404 g/mol. The second-order valence-corrected chi connectivity index (χ2v) is 7.77. The molecule has 166 valence electrons. The van der Waals surface area contributed by atoms with E-state index < -0.39 is 0 Å². The molecule has 7 nitrogen and oxygen atoms in total. The van der Waals surface area contributed by atoms with Crippen LogP contribution < -0.4 is 10.3 Å². The summed E-state index contributed by atoms with van der Waals surface area (Å²) in [5.41, 5.74) is 2.48. The highest BCUT2D eigenvalue weighted by molar-refractivity contribution is 5.74. The standard InChI is InChI=1S/C25H28N4O3/c1-2-16-32-21-11-7-6-10-20(21)23-27-24-22(25(31)28-23)26-17-29(24)19(14-15-30)13-12-18-8-4-3-5-9-18/h3-11,17,19,30H,2,12-16H2,1H3,(H,27,28,31). The summed E-state index contributed by atoms with van der Waals surface area (Å²) in [7, 11) is 0. The number of aliphatic hydroxyl groups is 1. The predicted octanol–water partition coefficient (Wildman–Crippen LogP) is 4.13. The number of imidazole rings is 1. The SMILES string of the molecule is CCCOc1ccccc1-c1nc2c(ncn2C(CCO)CCc2ccccc2)c(=O)[nH]1. The third-order valence-corrected chi connectivity index (χ3v) is 5.50. The number of hydrogen-bond donors (Lipinski definition) is 2. The Bertz CT molecular complexity index is 1220. The number of benzene rings is 2. The quantitative estimate of drug-likeness (QED) is 0.393. The van der Waals surface area contributed by atoms with E-state index in [-0.39, 0.29) is 18.2 Å². The number of para-hydroxylation sites is 1. The molecule has 0 amide bonds. The summed E-state index contributed by atoms with van der Waals surface area (Å²) in [6, 6.07) is 17.8. The van der Waals surface area contributed by atoms with Crippen LogP contribution in [0.1, 0.15) is 37.8 Å². The van der Waals surface area contributed by atoms with Crippen molar-refractivity contribution in [2.24, 2.45) is 0 Å². The Balaban J connectivity index is 1.72. The Morgan fingerprint density at radius 1 is 1.09 bits per heavy atom. The van der Waals surface area contributed by atoms with Crippen LogP contribution in [0.2, 0.25) is 0 Å². The Kier molecular flexibility index (Phi) is 6.97. The van der Waals surface area contributed by atoms with Crippen molar-refractivity contribution in [3.05, 3.63) is 76.8 Å². The zero-order valence-corrected chi connectivity index (χ0v) is 18.2. The van der Waals surface area contributed by atoms with Gasteiger partial charge in [-0.25, -0.2) is 9.97 Å². The number of aromatic amines is 1. The topological polar surface area (TPSA) is 93.0 Å². The maximum Gasteiger partial charge on any atom is 0.279 e. The maximum absolute atomic E-state index is 12.8. The van der Waals surface area contributed by atoms with Gasteiger partial charge >= 0.3 is 0 Å². The monoisotopic (exact) mass is 432 g/mol. The lowest BCUT2D eigenvalue weighted by molar-refractivity contribution is 0.253. The lowest BCUT2D eigenvalue weighted by Crippen LogP contribution is -2.15. The molecule has 0 bridgehead atoms. The number of aliphatic hydroxyl groups excluding tert-OH is 1. The van der Waals surface area contributed by atoms with E-state index in [4.69, 9.17) is 9.72 Å². The summed E-state index contributed by atoms with van der Waals surface area (Å²) >= 11 is 0. The van der Waals surface area contributed by atoms with Gasteiger partial charge in [0.2, 0.25) is 0 Å². The van der Waals surface area contributed by atoms with Gasteiger partial charge in [0.1, 0.15) is 11.6 Å². The minimum atomic E-state index is -0.292. The zero-order chi connectivity index (χ0) is 22.3. The molecule has 4 rings (SSSR count). The minimum absolute atomic E-state index is 0.0288. The number of ether oxygens (including phenoxy) is 1. The molecule has 2 aromatic heterocycles. The van der Waals surface area contributed by atoms with Crippen LogP contribution in [0.25, 0.3) is 22.6 Å². The number of fused-ring (bicyclic) bond motifs is 1. The fraction of sp³-hybridized carbons (Fsp3) is 0.320. The summed E-state index contributed by atoms with van der Waals surface area (Å²) in [6.07, 6.45) is 4.75. The highest BCUT2D eigenvalue weighted by Gasteiger charge is 2.19. The van der Waals surface area contributed by atoms with E-state index in [9.17, 15) is 9.90 Å². The molecular formula is C25H28N4O3. The fourth-order valence-electron chi connectivity index (χ4n) is 3.87. The smallest absolute Gasteiger partial charge is 0.279 e. The number of aromatic nitrogens is 4. The first kappa shape index (κ1) is 21.8. The first-order valence-corrected chi connectivity index (χ1v) is 11.0. The molecule has 7 heteroatoms. The first-order chi connectivity index (χ1) is 15.7. The molecule has 0 aliphatic carbocycles. The van der Waals surface area contributed by atoms with Crippen LogP contribution in [0, 0.1) is 0 Å². The van der Waals surface area contributed by atoms with Crippen molar-refractivity contribution in [3.63, 3.8) is 0 Å². The molecule has 32 heavy (non-hydrogen) atoms. The van der Waals surface area contributed by atoms with E-state index in [0.717, 1.165) is 24.8 Å². The third kappa shape index (κ3) is 4.73. The molecule has 0 aliphatic rings. The normalized spacial score (nSPS) is 12.2.